The van der Waals surface area contributed by atoms with Gasteiger partial charge in [-0.1, -0.05) is 0 Å². The number of esters is 1. The van der Waals surface area contributed by atoms with Crippen molar-refractivity contribution in [2.45, 2.75) is 44.8 Å². The maximum Gasteiger partial charge on any atom is 0.338 e. The van der Waals surface area contributed by atoms with Crippen molar-refractivity contribution in [3.8, 4) is 6.07 Å². The van der Waals surface area contributed by atoms with E-state index in [2.05, 4.69) is 11.4 Å². The molecule has 5 heteroatoms. The Hall–Kier alpha value is -2.35. The molecule has 1 aromatic rings. The first-order valence-corrected chi connectivity index (χ1v) is 6.82. The zero-order chi connectivity index (χ0) is 15.7. The highest BCUT2D eigenvalue weighted by atomic mass is 16.6. The van der Waals surface area contributed by atoms with Crippen LogP contribution in [0.3, 0.4) is 0 Å². The lowest BCUT2D eigenvalue weighted by molar-refractivity contribution is 0.00693. The van der Waals surface area contributed by atoms with E-state index in [1.165, 1.54) is 0 Å². The summed E-state index contributed by atoms with van der Waals surface area (Å²) in [6, 6.07) is 8.32. The van der Waals surface area contributed by atoms with Gasteiger partial charge in [0.2, 0.25) is 0 Å². The molecule has 1 aliphatic rings. The largest absolute Gasteiger partial charge is 0.456 e. The maximum absolute atomic E-state index is 12.0. The second-order valence-corrected chi connectivity index (χ2v) is 6.23. The third kappa shape index (κ3) is 3.82. The molecular formula is C16H18N2O3. The van der Waals surface area contributed by atoms with Crippen molar-refractivity contribution in [3.05, 3.63) is 35.4 Å². The summed E-state index contributed by atoms with van der Waals surface area (Å²) in [7, 11) is 0. The molecule has 1 N–H and O–H groups in total. The van der Waals surface area contributed by atoms with Gasteiger partial charge in [0.05, 0.1) is 11.6 Å². The fourth-order valence-corrected chi connectivity index (χ4v) is 1.77. The monoisotopic (exact) mass is 286 g/mol. The number of ether oxygens (including phenoxy) is 1. The second kappa shape index (κ2) is 5.21. The van der Waals surface area contributed by atoms with Gasteiger partial charge in [0.15, 0.2) is 0 Å². The standard InChI is InChI=1S/C16H18N2O3/c1-15(2,3)21-14(20)12-6-4-11(5-7-12)13(19)18-16(10-17)8-9-16/h4-7H,8-9H2,1-3H3,(H,18,19). The zero-order valence-electron chi connectivity index (χ0n) is 12.4. The van der Waals surface area contributed by atoms with E-state index in [1.807, 2.05) is 0 Å². The summed E-state index contributed by atoms with van der Waals surface area (Å²) < 4.78 is 5.25. The molecule has 21 heavy (non-hydrogen) atoms. The predicted octanol–water partition coefficient (Wildman–Crippen LogP) is 2.43. The fraction of sp³-hybridized carbons (Fsp3) is 0.438. The van der Waals surface area contributed by atoms with Crippen molar-refractivity contribution < 1.29 is 14.3 Å². The van der Waals surface area contributed by atoms with Gasteiger partial charge >= 0.3 is 5.97 Å². The van der Waals surface area contributed by atoms with Gasteiger partial charge in [-0.25, -0.2) is 4.79 Å². The van der Waals surface area contributed by atoms with Crippen LogP contribution in [0, 0.1) is 11.3 Å². The topological polar surface area (TPSA) is 79.2 Å². The van der Waals surface area contributed by atoms with Crippen LogP contribution in [-0.2, 0) is 4.74 Å². The first kappa shape index (κ1) is 15.0. The Balaban J connectivity index is 2.04. The molecule has 1 fully saturated rings. The van der Waals surface area contributed by atoms with Crippen LogP contribution in [0.1, 0.15) is 54.3 Å². The minimum Gasteiger partial charge on any atom is -0.456 e. The van der Waals surface area contributed by atoms with E-state index in [4.69, 9.17) is 10.00 Å². The smallest absolute Gasteiger partial charge is 0.338 e. The van der Waals surface area contributed by atoms with Crippen molar-refractivity contribution in [2.75, 3.05) is 0 Å². The second-order valence-electron chi connectivity index (χ2n) is 6.23. The van der Waals surface area contributed by atoms with Crippen LogP contribution in [0.4, 0.5) is 0 Å². The van der Waals surface area contributed by atoms with Crippen LogP contribution < -0.4 is 5.32 Å². The van der Waals surface area contributed by atoms with E-state index >= 15 is 0 Å². The molecule has 1 aliphatic carbocycles. The van der Waals surface area contributed by atoms with Crippen LogP contribution in [-0.4, -0.2) is 23.0 Å². The molecule has 0 spiro atoms. The molecule has 2 rings (SSSR count). The first-order chi connectivity index (χ1) is 9.75. The van der Waals surface area contributed by atoms with Crippen LogP contribution >= 0.6 is 0 Å². The Kier molecular flexibility index (Phi) is 3.73. The highest BCUT2D eigenvalue weighted by Crippen LogP contribution is 2.34. The summed E-state index contributed by atoms with van der Waals surface area (Å²) in [5.74, 6) is -0.727. The molecule has 5 nitrogen and oxygen atoms in total. The van der Waals surface area contributed by atoms with Crippen LogP contribution in [0.25, 0.3) is 0 Å². The van der Waals surface area contributed by atoms with E-state index in [-0.39, 0.29) is 5.91 Å². The van der Waals surface area contributed by atoms with Crippen molar-refractivity contribution in [1.82, 2.24) is 5.32 Å². The molecule has 0 atom stereocenters. The van der Waals surface area contributed by atoms with E-state index < -0.39 is 17.1 Å². The molecular weight excluding hydrogens is 268 g/mol. The van der Waals surface area contributed by atoms with Gasteiger partial charge in [-0.05, 0) is 57.9 Å². The summed E-state index contributed by atoms with van der Waals surface area (Å²) in [5.41, 5.74) is -0.439. The van der Waals surface area contributed by atoms with Gasteiger partial charge < -0.3 is 10.1 Å². The molecule has 0 radical (unpaired) electrons. The average Bonchev–Trinajstić information content (AvgIpc) is 3.17. The third-order valence-electron chi connectivity index (χ3n) is 3.10. The Morgan fingerprint density at radius 1 is 1.19 bits per heavy atom. The van der Waals surface area contributed by atoms with Gasteiger partial charge in [-0.3, -0.25) is 4.79 Å². The molecule has 0 unspecified atom stereocenters. The van der Waals surface area contributed by atoms with E-state index in [0.717, 1.165) is 0 Å². The lowest BCUT2D eigenvalue weighted by atomic mass is 10.1. The van der Waals surface area contributed by atoms with Crippen LogP contribution in [0.2, 0.25) is 0 Å². The number of nitrogens with one attached hydrogen (secondary N) is 1. The SMILES string of the molecule is CC(C)(C)OC(=O)c1ccc(C(=O)NC2(C#N)CC2)cc1. The molecule has 1 saturated carbocycles. The lowest BCUT2D eigenvalue weighted by Gasteiger charge is -2.19. The van der Waals surface area contributed by atoms with Crippen molar-refractivity contribution in [1.29, 1.82) is 5.26 Å². The molecule has 1 amide bonds. The fourth-order valence-electron chi connectivity index (χ4n) is 1.77. The van der Waals surface area contributed by atoms with Crippen molar-refractivity contribution in [2.24, 2.45) is 0 Å². The number of nitriles is 1. The number of rotatable bonds is 3. The molecule has 0 saturated heterocycles. The Morgan fingerprint density at radius 3 is 2.14 bits per heavy atom. The summed E-state index contributed by atoms with van der Waals surface area (Å²) >= 11 is 0. The molecule has 0 bridgehead atoms. The first-order valence-electron chi connectivity index (χ1n) is 6.82. The van der Waals surface area contributed by atoms with Gasteiger partial charge in [0.1, 0.15) is 11.1 Å². The molecule has 0 aromatic heterocycles. The summed E-state index contributed by atoms with van der Waals surface area (Å²) in [4.78, 5) is 23.9. The Labute approximate surface area is 123 Å². The summed E-state index contributed by atoms with van der Waals surface area (Å²) in [6.45, 7) is 5.39. The molecule has 0 heterocycles. The number of nitrogens with zero attached hydrogens (tertiary/aromatic N) is 1. The predicted molar refractivity (Wildman–Crippen MR) is 76.7 cm³/mol. The van der Waals surface area contributed by atoms with E-state index in [1.54, 1.807) is 45.0 Å². The lowest BCUT2D eigenvalue weighted by Crippen LogP contribution is -2.35. The van der Waals surface area contributed by atoms with Crippen molar-refractivity contribution in [3.63, 3.8) is 0 Å². The highest BCUT2D eigenvalue weighted by Gasteiger charge is 2.44. The van der Waals surface area contributed by atoms with Gasteiger partial charge in [-0.2, -0.15) is 5.26 Å². The van der Waals surface area contributed by atoms with Gasteiger partial charge in [-0.15, -0.1) is 0 Å². The van der Waals surface area contributed by atoms with Crippen LogP contribution in [0.15, 0.2) is 24.3 Å². The number of hydrogen-bond acceptors (Lipinski definition) is 4. The van der Waals surface area contributed by atoms with E-state index in [0.29, 0.717) is 24.0 Å². The third-order valence-corrected chi connectivity index (χ3v) is 3.10. The summed E-state index contributed by atoms with van der Waals surface area (Å²) in [6.07, 6.45) is 1.37. The average molecular weight is 286 g/mol. The van der Waals surface area contributed by atoms with Gasteiger partial charge in [0, 0.05) is 5.56 Å². The zero-order valence-corrected chi connectivity index (χ0v) is 12.4. The van der Waals surface area contributed by atoms with Crippen molar-refractivity contribution >= 4 is 11.9 Å². The van der Waals surface area contributed by atoms with Gasteiger partial charge in [0.25, 0.3) is 5.91 Å². The maximum atomic E-state index is 12.0. The minimum atomic E-state index is -0.694. The highest BCUT2D eigenvalue weighted by molar-refractivity contribution is 5.97. The number of benzene rings is 1. The number of hydrogen-bond donors (Lipinski definition) is 1. The minimum absolute atomic E-state index is 0.301. The van der Waals surface area contributed by atoms with Crippen LogP contribution in [0.5, 0.6) is 0 Å². The Morgan fingerprint density at radius 2 is 1.71 bits per heavy atom. The number of amides is 1. The number of carbonyl (C=O) groups is 2. The normalized spacial score (nSPS) is 15.7. The molecule has 110 valence electrons. The summed E-state index contributed by atoms with van der Waals surface area (Å²) in [5, 5.41) is 11.7. The van der Waals surface area contributed by atoms with E-state index in [9.17, 15) is 9.59 Å². The number of carbonyl (C=O) groups excluding carboxylic acids is 2. The Bertz CT molecular complexity index is 602. The molecule has 1 aromatic carbocycles. The quantitative estimate of drug-likeness (QED) is 0.865. The molecule has 0 aliphatic heterocycles.